The Kier molecular flexibility index (Phi) is 4.41. The molecule has 106 valence electrons. The molecule has 1 aromatic carbocycles. The summed E-state index contributed by atoms with van der Waals surface area (Å²) in [7, 11) is 0. The van der Waals surface area contributed by atoms with Gasteiger partial charge in [0, 0.05) is 10.9 Å². The first-order valence-corrected chi connectivity index (χ1v) is 6.71. The van der Waals surface area contributed by atoms with Crippen LogP contribution in [-0.4, -0.2) is 16.0 Å². The number of nitrogens with zero attached hydrogens (tertiary/aromatic N) is 1. The summed E-state index contributed by atoms with van der Waals surface area (Å²) in [5, 5.41) is 13.6. The van der Waals surface area contributed by atoms with E-state index in [-0.39, 0.29) is 10.7 Å². The molecule has 2 aromatic rings. The van der Waals surface area contributed by atoms with Crippen molar-refractivity contribution in [3.63, 3.8) is 0 Å². The lowest BCUT2D eigenvalue weighted by Gasteiger charge is -2.04. The van der Waals surface area contributed by atoms with E-state index in [4.69, 9.17) is 0 Å². The van der Waals surface area contributed by atoms with Crippen molar-refractivity contribution in [1.29, 1.82) is 0 Å². The lowest BCUT2D eigenvalue weighted by molar-refractivity contribution is -0.115. The van der Waals surface area contributed by atoms with Gasteiger partial charge in [-0.3, -0.25) is 4.79 Å². The van der Waals surface area contributed by atoms with Gasteiger partial charge in [0.05, 0.1) is 18.2 Å². The molecule has 2 rings (SSSR count). The zero-order valence-corrected chi connectivity index (χ0v) is 11.4. The second-order valence-electron chi connectivity index (χ2n) is 4.18. The number of aromatic nitrogens is 1. The zero-order chi connectivity index (χ0) is 14.7. The van der Waals surface area contributed by atoms with Gasteiger partial charge in [-0.05, 0) is 19.1 Å². The number of benzene rings is 1. The van der Waals surface area contributed by atoms with Crippen LogP contribution in [0.4, 0.5) is 13.9 Å². The van der Waals surface area contributed by atoms with Crippen LogP contribution in [-0.2, 0) is 11.2 Å². The maximum Gasteiger partial charge on any atom is 0.230 e. The summed E-state index contributed by atoms with van der Waals surface area (Å²) in [5.74, 6) is -2.09. The average molecular weight is 298 g/mol. The number of carbonyl (C=O) groups excluding carboxylic acids is 1. The first-order chi connectivity index (χ1) is 9.47. The van der Waals surface area contributed by atoms with Gasteiger partial charge >= 0.3 is 0 Å². The molecule has 0 saturated heterocycles. The number of aliphatic hydroxyl groups excluding tert-OH is 1. The van der Waals surface area contributed by atoms with Crippen LogP contribution in [0.25, 0.3) is 0 Å². The molecule has 0 saturated carbocycles. The summed E-state index contributed by atoms with van der Waals surface area (Å²) in [6.07, 6.45) is -1.15. The molecule has 0 aliphatic rings. The number of halogens is 2. The number of aliphatic hydroxyl groups is 1. The molecule has 0 radical (unpaired) electrons. The first-order valence-electron chi connectivity index (χ1n) is 5.83. The molecule has 20 heavy (non-hydrogen) atoms. The van der Waals surface area contributed by atoms with Gasteiger partial charge in [-0.25, -0.2) is 13.8 Å². The molecule has 0 fully saturated rings. The van der Waals surface area contributed by atoms with Crippen molar-refractivity contribution in [1.82, 2.24) is 4.98 Å². The fourth-order valence-corrected chi connectivity index (χ4v) is 2.37. The maximum absolute atomic E-state index is 13.4. The molecule has 0 spiro atoms. The Morgan fingerprint density at radius 3 is 2.65 bits per heavy atom. The fourth-order valence-electron chi connectivity index (χ4n) is 1.56. The second kappa shape index (κ2) is 6.06. The fraction of sp³-hybridized carbons (Fsp3) is 0.231. The van der Waals surface area contributed by atoms with E-state index in [1.54, 1.807) is 12.3 Å². The van der Waals surface area contributed by atoms with Crippen LogP contribution in [0.3, 0.4) is 0 Å². The summed E-state index contributed by atoms with van der Waals surface area (Å²) in [4.78, 5) is 15.7. The molecular weight excluding hydrogens is 286 g/mol. The lowest BCUT2D eigenvalue weighted by Crippen LogP contribution is -2.16. The molecule has 0 aliphatic carbocycles. The Morgan fingerprint density at radius 1 is 1.45 bits per heavy atom. The van der Waals surface area contributed by atoms with Crippen LogP contribution >= 0.6 is 11.3 Å². The predicted octanol–water partition coefficient (Wildman–Crippen LogP) is 2.66. The van der Waals surface area contributed by atoms with E-state index in [0.29, 0.717) is 5.69 Å². The molecule has 1 heterocycles. The number of amides is 1. The van der Waals surface area contributed by atoms with Gasteiger partial charge in [-0.15, -0.1) is 11.3 Å². The number of rotatable bonds is 4. The summed E-state index contributed by atoms with van der Waals surface area (Å²) >= 11 is 1.13. The molecule has 0 bridgehead atoms. The molecule has 1 amide bonds. The third kappa shape index (κ3) is 3.37. The van der Waals surface area contributed by atoms with Crippen molar-refractivity contribution in [3.8, 4) is 0 Å². The number of thiazole rings is 1. The van der Waals surface area contributed by atoms with E-state index < -0.39 is 30.1 Å². The van der Waals surface area contributed by atoms with Crippen LogP contribution in [0, 0.1) is 11.6 Å². The van der Waals surface area contributed by atoms with Crippen LogP contribution in [0.15, 0.2) is 23.6 Å². The number of hydrogen-bond acceptors (Lipinski definition) is 4. The van der Waals surface area contributed by atoms with Crippen LogP contribution in [0.1, 0.15) is 24.3 Å². The van der Waals surface area contributed by atoms with E-state index in [2.05, 4.69) is 10.3 Å². The van der Waals surface area contributed by atoms with E-state index in [0.717, 1.165) is 23.5 Å². The topological polar surface area (TPSA) is 62.2 Å². The molecule has 2 N–H and O–H groups in total. The van der Waals surface area contributed by atoms with E-state index in [1.165, 1.54) is 6.07 Å². The third-order valence-electron chi connectivity index (χ3n) is 2.60. The monoisotopic (exact) mass is 298 g/mol. The van der Waals surface area contributed by atoms with Gasteiger partial charge in [0.1, 0.15) is 11.6 Å². The largest absolute Gasteiger partial charge is 0.387 e. The van der Waals surface area contributed by atoms with Crippen molar-refractivity contribution < 1.29 is 18.7 Å². The van der Waals surface area contributed by atoms with Gasteiger partial charge < -0.3 is 10.4 Å². The summed E-state index contributed by atoms with van der Waals surface area (Å²) in [6, 6.07) is 3.43. The highest BCUT2D eigenvalue weighted by Crippen LogP contribution is 2.21. The van der Waals surface area contributed by atoms with Crippen molar-refractivity contribution in [2.75, 3.05) is 5.32 Å². The second-order valence-corrected chi connectivity index (χ2v) is 5.04. The third-order valence-corrected chi connectivity index (χ3v) is 3.37. The van der Waals surface area contributed by atoms with Gasteiger partial charge in [0.15, 0.2) is 5.13 Å². The maximum atomic E-state index is 13.4. The Labute approximate surface area is 118 Å². The number of hydrogen-bond donors (Lipinski definition) is 2. The highest BCUT2D eigenvalue weighted by molar-refractivity contribution is 7.13. The minimum absolute atomic E-state index is 0.280. The highest BCUT2D eigenvalue weighted by atomic mass is 32.1. The molecule has 4 nitrogen and oxygen atoms in total. The van der Waals surface area contributed by atoms with Gasteiger partial charge in [-0.2, -0.15) is 0 Å². The van der Waals surface area contributed by atoms with E-state index in [9.17, 15) is 18.7 Å². The van der Waals surface area contributed by atoms with Gasteiger partial charge in [-0.1, -0.05) is 6.07 Å². The predicted molar refractivity (Wildman–Crippen MR) is 71.4 cm³/mol. The van der Waals surface area contributed by atoms with Crippen molar-refractivity contribution in [3.05, 3.63) is 46.5 Å². The molecule has 1 aromatic heterocycles. The van der Waals surface area contributed by atoms with Crippen molar-refractivity contribution >= 4 is 22.4 Å². The Balaban J connectivity index is 2.05. The Hall–Kier alpha value is -1.86. The van der Waals surface area contributed by atoms with Crippen molar-refractivity contribution in [2.24, 2.45) is 0 Å². The van der Waals surface area contributed by atoms with Gasteiger partial charge in [0.2, 0.25) is 5.91 Å². The minimum atomic E-state index is -0.760. The zero-order valence-electron chi connectivity index (χ0n) is 10.6. The van der Waals surface area contributed by atoms with E-state index in [1.807, 2.05) is 0 Å². The number of carbonyl (C=O) groups is 1. The van der Waals surface area contributed by atoms with Crippen LogP contribution in [0.2, 0.25) is 0 Å². The molecular formula is C13H12F2N2O2S. The SMILES string of the molecule is CC(O)c1csc(NC(=O)Cc2c(F)cccc2F)n1. The summed E-state index contributed by atoms with van der Waals surface area (Å²) in [5.41, 5.74) is 0.152. The van der Waals surface area contributed by atoms with Crippen LogP contribution < -0.4 is 5.32 Å². The molecule has 0 aliphatic heterocycles. The average Bonchev–Trinajstić information content (AvgIpc) is 2.82. The smallest absolute Gasteiger partial charge is 0.230 e. The molecule has 1 atom stereocenters. The number of nitrogens with one attached hydrogen (secondary N) is 1. The number of anilines is 1. The Morgan fingerprint density at radius 2 is 2.10 bits per heavy atom. The summed E-state index contributed by atoms with van der Waals surface area (Å²) < 4.78 is 26.8. The normalized spacial score (nSPS) is 12.2. The van der Waals surface area contributed by atoms with Crippen molar-refractivity contribution in [2.45, 2.75) is 19.4 Å². The van der Waals surface area contributed by atoms with Gasteiger partial charge in [0.25, 0.3) is 0 Å². The Bertz CT molecular complexity index is 608. The lowest BCUT2D eigenvalue weighted by atomic mass is 10.1. The quantitative estimate of drug-likeness (QED) is 0.912. The highest BCUT2D eigenvalue weighted by Gasteiger charge is 2.14. The minimum Gasteiger partial charge on any atom is -0.387 e. The summed E-state index contributed by atoms with van der Waals surface area (Å²) in [6.45, 7) is 1.55. The standard InChI is InChI=1S/C13H12F2N2O2S/c1-7(18)11-6-20-13(16-11)17-12(19)5-8-9(14)3-2-4-10(8)15/h2-4,6-7,18H,5H2,1H3,(H,16,17,19). The van der Waals surface area contributed by atoms with E-state index >= 15 is 0 Å². The first kappa shape index (κ1) is 14.5. The van der Waals surface area contributed by atoms with Crippen LogP contribution in [0.5, 0.6) is 0 Å². The molecule has 1 unspecified atom stereocenters. The molecule has 7 heteroatoms.